The Bertz CT molecular complexity index is 817. The lowest BCUT2D eigenvalue weighted by atomic mass is 9.39. The lowest BCUT2D eigenvalue weighted by Gasteiger charge is -2.66. The van der Waals surface area contributed by atoms with Crippen molar-refractivity contribution in [2.45, 2.75) is 50.8 Å². The smallest absolute Gasteiger partial charge is 0.306 e. The zero-order valence-electron chi connectivity index (χ0n) is 15.3. The fraction of sp³-hybridized carbons (Fsp3) is 0.700. The zero-order chi connectivity index (χ0) is 19.5. The van der Waals surface area contributed by atoms with Crippen molar-refractivity contribution in [1.82, 2.24) is 0 Å². The van der Waals surface area contributed by atoms with E-state index < -0.39 is 52.5 Å². The van der Waals surface area contributed by atoms with Gasteiger partial charge < -0.3 is 24.8 Å². The number of hydrogen-bond donors (Lipinski definition) is 3. The van der Waals surface area contributed by atoms with Crippen molar-refractivity contribution in [2.24, 2.45) is 28.6 Å². The summed E-state index contributed by atoms with van der Waals surface area (Å²) in [5.41, 5.74) is -0.730. The molecule has 1 spiro atoms. The summed E-state index contributed by atoms with van der Waals surface area (Å²) in [6, 6.07) is 0. The number of fused-ring (bicyclic) bond motifs is 1. The average Bonchev–Trinajstić information content (AvgIpc) is 2.90. The summed E-state index contributed by atoms with van der Waals surface area (Å²) in [6.45, 7) is 7.64. The van der Waals surface area contributed by atoms with E-state index >= 15 is 0 Å². The van der Waals surface area contributed by atoms with Crippen molar-refractivity contribution in [3.63, 3.8) is 0 Å². The molecule has 27 heavy (non-hydrogen) atoms. The molecule has 9 atom stereocenters. The van der Waals surface area contributed by atoms with Crippen molar-refractivity contribution >= 4 is 11.8 Å². The van der Waals surface area contributed by atoms with E-state index in [1.54, 1.807) is 6.92 Å². The van der Waals surface area contributed by atoms with Gasteiger partial charge in [-0.1, -0.05) is 19.1 Å². The molecule has 2 aliphatic heterocycles. The Kier molecular flexibility index (Phi) is 3.18. The van der Waals surface area contributed by atoms with Gasteiger partial charge in [0.05, 0.1) is 13.0 Å². The SMILES string of the molecule is C=C1[C@H](O)[C@]2(O)OC[C@]34[C@H]2[C@@]2(C)[C@H](O)C(=O)C=C(C)[C@@H]2C[C@H]3OC(=O)C[C@@H]14. The minimum absolute atomic E-state index is 0.0436. The van der Waals surface area contributed by atoms with Gasteiger partial charge in [-0.15, -0.1) is 0 Å². The van der Waals surface area contributed by atoms with Crippen LogP contribution >= 0.6 is 0 Å². The van der Waals surface area contributed by atoms with E-state index in [-0.39, 0.29) is 24.9 Å². The number of aliphatic hydroxyl groups excluding tert-OH is 2. The van der Waals surface area contributed by atoms with E-state index in [1.165, 1.54) is 6.08 Å². The second-order valence-corrected chi connectivity index (χ2v) is 9.15. The lowest BCUT2D eigenvalue weighted by molar-refractivity contribution is -0.305. The highest BCUT2D eigenvalue weighted by Gasteiger charge is 2.81. The van der Waals surface area contributed by atoms with Gasteiger partial charge in [0.15, 0.2) is 11.6 Å². The molecular weight excluding hydrogens is 352 g/mol. The molecular formula is C20H24O7. The van der Waals surface area contributed by atoms with Crippen LogP contribution in [0.2, 0.25) is 0 Å². The van der Waals surface area contributed by atoms with Crippen LogP contribution in [0.3, 0.4) is 0 Å². The maximum absolute atomic E-state index is 12.5. The standard InChI is InChI=1S/C20H24O7/c1-8-4-12(21)16(24)18(3)10(8)5-13-19-7-26-20(25,17(18)19)15(23)9(2)11(19)6-14(22)27-13/h4,10-11,13,15-17,23-25H,2,5-7H2,1,3H3/t10-,11-,13+,15-,16+,17+,18+,19+,20-/m0/s1. The molecule has 5 aliphatic rings. The van der Waals surface area contributed by atoms with Crippen LogP contribution in [0.25, 0.3) is 0 Å². The number of ketones is 1. The molecule has 0 radical (unpaired) electrons. The Morgan fingerprint density at radius 2 is 1.93 bits per heavy atom. The largest absolute Gasteiger partial charge is 0.462 e. The minimum Gasteiger partial charge on any atom is -0.462 e. The van der Waals surface area contributed by atoms with Gasteiger partial charge in [0.1, 0.15) is 18.3 Å². The van der Waals surface area contributed by atoms with Crippen LogP contribution in [0.15, 0.2) is 23.8 Å². The molecule has 2 heterocycles. The number of ether oxygens (including phenoxy) is 2. The number of esters is 1. The van der Waals surface area contributed by atoms with Crippen molar-refractivity contribution in [2.75, 3.05) is 6.61 Å². The van der Waals surface area contributed by atoms with Crippen molar-refractivity contribution in [1.29, 1.82) is 0 Å². The Balaban J connectivity index is 1.79. The highest BCUT2D eigenvalue weighted by molar-refractivity contribution is 5.96. The Morgan fingerprint density at radius 1 is 1.22 bits per heavy atom. The zero-order valence-corrected chi connectivity index (χ0v) is 15.3. The van der Waals surface area contributed by atoms with E-state index in [0.29, 0.717) is 12.0 Å². The summed E-state index contributed by atoms with van der Waals surface area (Å²) < 4.78 is 11.5. The van der Waals surface area contributed by atoms with Gasteiger partial charge in [-0.2, -0.15) is 0 Å². The summed E-state index contributed by atoms with van der Waals surface area (Å²) in [5, 5.41) is 33.3. The molecule has 0 unspecified atom stereocenters. The summed E-state index contributed by atoms with van der Waals surface area (Å²) in [6.07, 6.45) is -1.36. The number of rotatable bonds is 0. The quantitative estimate of drug-likeness (QED) is 0.405. The van der Waals surface area contributed by atoms with E-state index in [4.69, 9.17) is 9.47 Å². The third-order valence-electron chi connectivity index (χ3n) is 8.19. The molecule has 7 nitrogen and oxygen atoms in total. The van der Waals surface area contributed by atoms with Gasteiger partial charge >= 0.3 is 5.97 Å². The van der Waals surface area contributed by atoms with Gasteiger partial charge in [-0.25, -0.2) is 0 Å². The Labute approximate surface area is 156 Å². The Morgan fingerprint density at radius 3 is 2.63 bits per heavy atom. The van der Waals surface area contributed by atoms with Crippen LogP contribution in [0.4, 0.5) is 0 Å². The minimum atomic E-state index is -1.98. The first-order valence-electron chi connectivity index (χ1n) is 9.41. The van der Waals surface area contributed by atoms with Crippen LogP contribution in [0.5, 0.6) is 0 Å². The van der Waals surface area contributed by atoms with E-state index in [1.807, 2.05) is 6.92 Å². The maximum atomic E-state index is 12.5. The van der Waals surface area contributed by atoms with Crippen LogP contribution in [-0.2, 0) is 19.1 Å². The molecule has 4 fully saturated rings. The molecule has 0 aromatic carbocycles. The highest BCUT2D eigenvalue weighted by atomic mass is 16.6. The molecule has 2 saturated carbocycles. The van der Waals surface area contributed by atoms with E-state index in [0.717, 1.165) is 5.57 Å². The molecule has 0 aromatic heterocycles. The summed E-state index contributed by atoms with van der Waals surface area (Å²) >= 11 is 0. The van der Waals surface area contributed by atoms with Crippen LogP contribution in [0, 0.1) is 28.6 Å². The number of carbonyl (C=O) groups is 2. The third kappa shape index (κ3) is 1.69. The van der Waals surface area contributed by atoms with Crippen LogP contribution < -0.4 is 0 Å². The number of carbonyl (C=O) groups excluding carboxylic acids is 2. The first-order chi connectivity index (χ1) is 12.6. The molecule has 0 amide bonds. The topological polar surface area (TPSA) is 113 Å². The molecule has 3 N–H and O–H groups in total. The van der Waals surface area contributed by atoms with Crippen molar-refractivity contribution in [3.8, 4) is 0 Å². The van der Waals surface area contributed by atoms with Gasteiger partial charge in [0, 0.05) is 22.7 Å². The second-order valence-electron chi connectivity index (χ2n) is 9.15. The molecule has 146 valence electrons. The normalized spacial score (nSPS) is 56.2. The van der Waals surface area contributed by atoms with E-state index in [9.17, 15) is 24.9 Å². The summed E-state index contributed by atoms with van der Waals surface area (Å²) in [7, 11) is 0. The molecule has 7 heteroatoms. The van der Waals surface area contributed by atoms with E-state index in [2.05, 4.69) is 6.58 Å². The fourth-order valence-electron chi connectivity index (χ4n) is 7.14. The fourth-order valence-corrected chi connectivity index (χ4v) is 7.14. The number of aliphatic hydroxyl groups is 3. The van der Waals surface area contributed by atoms with Crippen LogP contribution in [-0.4, -0.2) is 57.8 Å². The highest BCUT2D eigenvalue weighted by Crippen LogP contribution is 2.73. The predicted octanol–water partition coefficient (Wildman–Crippen LogP) is 0.0863. The van der Waals surface area contributed by atoms with Crippen molar-refractivity contribution in [3.05, 3.63) is 23.8 Å². The molecule has 2 bridgehead atoms. The van der Waals surface area contributed by atoms with Gasteiger partial charge in [-0.3, -0.25) is 9.59 Å². The molecule has 0 aromatic rings. The summed E-state index contributed by atoms with van der Waals surface area (Å²) in [4.78, 5) is 24.8. The molecule has 5 rings (SSSR count). The maximum Gasteiger partial charge on any atom is 0.306 e. The third-order valence-corrected chi connectivity index (χ3v) is 8.19. The average molecular weight is 376 g/mol. The van der Waals surface area contributed by atoms with Crippen molar-refractivity contribution < 1.29 is 34.4 Å². The number of allylic oxidation sites excluding steroid dienone is 1. The van der Waals surface area contributed by atoms with Gasteiger partial charge in [0.2, 0.25) is 0 Å². The van der Waals surface area contributed by atoms with Gasteiger partial charge in [-0.05, 0) is 30.9 Å². The summed E-state index contributed by atoms with van der Waals surface area (Å²) in [5.74, 6) is -4.25. The predicted molar refractivity (Wildman–Crippen MR) is 90.9 cm³/mol. The lowest BCUT2D eigenvalue weighted by Crippen LogP contribution is -2.74. The Hall–Kier alpha value is -1.54. The first kappa shape index (κ1) is 17.6. The molecule has 2 saturated heterocycles. The number of hydrogen-bond acceptors (Lipinski definition) is 7. The van der Waals surface area contributed by atoms with Gasteiger partial charge in [0.25, 0.3) is 0 Å². The molecule has 3 aliphatic carbocycles. The second kappa shape index (κ2) is 4.89. The monoisotopic (exact) mass is 376 g/mol. The first-order valence-corrected chi connectivity index (χ1v) is 9.41. The van der Waals surface area contributed by atoms with Crippen LogP contribution in [0.1, 0.15) is 26.7 Å².